The highest BCUT2D eigenvalue weighted by molar-refractivity contribution is 5.51. The average Bonchev–Trinajstić information content (AvgIpc) is 2.29. The van der Waals surface area contributed by atoms with Gasteiger partial charge in [0.15, 0.2) is 0 Å². The Morgan fingerprint density at radius 1 is 1.25 bits per heavy atom. The molecular formula is C13H22N2O. The van der Waals surface area contributed by atoms with E-state index in [1.165, 1.54) is 12.8 Å². The molecular weight excluding hydrogens is 200 g/mol. The number of anilines is 1. The number of nitrogens with zero attached hydrogens (tertiary/aromatic N) is 1. The molecule has 1 aromatic carbocycles. The number of ether oxygens (including phenoxy) is 1. The van der Waals surface area contributed by atoms with Crippen molar-refractivity contribution >= 4 is 5.69 Å². The molecule has 0 unspecified atom stereocenters. The molecule has 0 aromatic heterocycles. The van der Waals surface area contributed by atoms with E-state index in [9.17, 15) is 0 Å². The molecule has 0 aliphatic carbocycles. The lowest BCUT2D eigenvalue weighted by atomic mass is 10.3. The third-order valence-electron chi connectivity index (χ3n) is 2.54. The largest absolute Gasteiger partial charge is 0.490 e. The molecule has 0 aliphatic heterocycles. The number of benzene rings is 1. The Balaban J connectivity index is 2.23. The molecule has 0 spiro atoms. The summed E-state index contributed by atoms with van der Waals surface area (Å²) in [6.45, 7) is 4.96. The van der Waals surface area contributed by atoms with E-state index in [1.807, 2.05) is 24.3 Å². The third kappa shape index (κ3) is 4.53. The van der Waals surface area contributed by atoms with Crippen molar-refractivity contribution in [2.45, 2.75) is 19.8 Å². The van der Waals surface area contributed by atoms with Crippen molar-refractivity contribution < 1.29 is 4.74 Å². The number of unbranched alkanes of at least 4 members (excludes halogenated alkanes) is 1. The smallest absolute Gasteiger partial charge is 0.142 e. The molecule has 1 aromatic rings. The standard InChI is InChI=1S/C13H22N2O/c1-3-4-9-15(2)10-11-16-13-8-6-5-7-12(13)14/h5-8H,3-4,9-11,14H2,1-2H3. The Morgan fingerprint density at radius 3 is 2.69 bits per heavy atom. The van der Waals surface area contributed by atoms with Crippen LogP contribution >= 0.6 is 0 Å². The van der Waals surface area contributed by atoms with Crippen molar-refractivity contribution in [3.05, 3.63) is 24.3 Å². The molecule has 90 valence electrons. The summed E-state index contributed by atoms with van der Waals surface area (Å²) in [5, 5.41) is 0. The number of rotatable bonds is 7. The fraction of sp³-hybridized carbons (Fsp3) is 0.538. The number of hydrogen-bond donors (Lipinski definition) is 1. The van der Waals surface area contributed by atoms with Crippen molar-refractivity contribution in [3.63, 3.8) is 0 Å². The van der Waals surface area contributed by atoms with Crippen LogP contribution in [-0.4, -0.2) is 31.6 Å². The van der Waals surface area contributed by atoms with Crippen LogP contribution < -0.4 is 10.5 Å². The van der Waals surface area contributed by atoms with Crippen molar-refractivity contribution in [2.24, 2.45) is 0 Å². The van der Waals surface area contributed by atoms with Crippen molar-refractivity contribution in [3.8, 4) is 5.75 Å². The minimum absolute atomic E-state index is 0.689. The van der Waals surface area contributed by atoms with Gasteiger partial charge in [0.25, 0.3) is 0 Å². The van der Waals surface area contributed by atoms with Gasteiger partial charge in [0.1, 0.15) is 12.4 Å². The molecule has 0 bridgehead atoms. The van der Waals surface area contributed by atoms with Gasteiger partial charge in [-0.1, -0.05) is 25.5 Å². The number of nitrogens with two attached hydrogens (primary N) is 1. The minimum atomic E-state index is 0.689. The quantitative estimate of drug-likeness (QED) is 0.720. The first kappa shape index (κ1) is 12.8. The highest BCUT2D eigenvalue weighted by Gasteiger charge is 2.00. The Morgan fingerprint density at radius 2 is 2.00 bits per heavy atom. The summed E-state index contributed by atoms with van der Waals surface area (Å²) >= 11 is 0. The van der Waals surface area contributed by atoms with Crippen molar-refractivity contribution in [1.82, 2.24) is 4.90 Å². The summed E-state index contributed by atoms with van der Waals surface area (Å²) in [4.78, 5) is 2.28. The topological polar surface area (TPSA) is 38.5 Å². The second-order valence-corrected chi connectivity index (χ2v) is 4.04. The summed E-state index contributed by atoms with van der Waals surface area (Å²) in [6, 6.07) is 7.61. The summed E-state index contributed by atoms with van der Waals surface area (Å²) in [5.74, 6) is 0.784. The number of hydrogen-bond acceptors (Lipinski definition) is 3. The van der Waals surface area contributed by atoms with Crippen LogP contribution in [0.15, 0.2) is 24.3 Å². The van der Waals surface area contributed by atoms with Gasteiger partial charge in [-0.25, -0.2) is 0 Å². The molecule has 0 heterocycles. The SMILES string of the molecule is CCCCN(C)CCOc1ccccc1N. The molecule has 3 heteroatoms. The minimum Gasteiger partial charge on any atom is -0.490 e. The maximum absolute atomic E-state index is 5.78. The van der Waals surface area contributed by atoms with Crippen molar-refractivity contribution in [1.29, 1.82) is 0 Å². The van der Waals surface area contributed by atoms with E-state index in [2.05, 4.69) is 18.9 Å². The van der Waals surface area contributed by atoms with E-state index >= 15 is 0 Å². The van der Waals surface area contributed by atoms with Gasteiger partial charge >= 0.3 is 0 Å². The number of likely N-dealkylation sites (N-methyl/N-ethyl adjacent to an activating group) is 1. The molecule has 0 saturated heterocycles. The zero-order chi connectivity index (χ0) is 11.8. The lowest BCUT2D eigenvalue weighted by Gasteiger charge is -2.16. The van der Waals surface area contributed by atoms with Crippen LogP contribution in [0.4, 0.5) is 5.69 Å². The van der Waals surface area contributed by atoms with E-state index < -0.39 is 0 Å². The van der Waals surface area contributed by atoms with Gasteiger partial charge in [-0.2, -0.15) is 0 Å². The Labute approximate surface area is 98.2 Å². The Bertz CT molecular complexity index is 302. The maximum Gasteiger partial charge on any atom is 0.142 e. The van der Waals surface area contributed by atoms with Crippen LogP contribution in [0.2, 0.25) is 0 Å². The molecule has 0 saturated carbocycles. The molecule has 0 radical (unpaired) electrons. The van der Waals surface area contributed by atoms with E-state index in [0.717, 1.165) is 18.8 Å². The summed E-state index contributed by atoms with van der Waals surface area (Å²) in [6.07, 6.45) is 2.47. The number of para-hydroxylation sites is 2. The highest BCUT2D eigenvalue weighted by Crippen LogP contribution is 2.19. The van der Waals surface area contributed by atoms with Gasteiger partial charge < -0.3 is 15.4 Å². The summed E-state index contributed by atoms with van der Waals surface area (Å²) in [5.41, 5.74) is 6.49. The fourth-order valence-electron chi connectivity index (χ4n) is 1.46. The molecule has 3 nitrogen and oxygen atoms in total. The van der Waals surface area contributed by atoms with Gasteiger partial charge in [0, 0.05) is 6.54 Å². The molecule has 0 atom stereocenters. The third-order valence-corrected chi connectivity index (χ3v) is 2.54. The molecule has 1 rings (SSSR count). The molecule has 16 heavy (non-hydrogen) atoms. The van der Waals surface area contributed by atoms with Gasteiger partial charge in [0.05, 0.1) is 5.69 Å². The van der Waals surface area contributed by atoms with Crippen LogP contribution in [0, 0.1) is 0 Å². The fourth-order valence-corrected chi connectivity index (χ4v) is 1.46. The van der Waals surface area contributed by atoms with Crippen LogP contribution in [0.5, 0.6) is 5.75 Å². The molecule has 0 fully saturated rings. The Kier molecular flexibility index (Phi) is 5.72. The first-order valence-corrected chi connectivity index (χ1v) is 5.90. The number of nitrogen functional groups attached to an aromatic ring is 1. The van der Waals surface area contributed by atoms with Gasteiger partial charge in [-0.3, -0.25) is 0 Å². The van der Waals surface area contributed by atoms with E-state index in [4.69, 9.17) is 10.5 Å². The van der Waals surface area contributed by atoms with Gasteiger partial charge in [0.2, 0.25) is 0 Å². The normalized spacial score (nSPS) is 10.7. The van der Waals surface area contributed by atoms with E-state index in [1.54, 1.807) is 0 Å². The summed E-state index contributed by atoms with van der Waals surface area (Å²) < 4.78 is 5.62. The lowest BCUT2D eigenvalue weighted by molar-refractivity contribution is 0.236. The average molecular weight is 222 g/mol. The monoisotopic (exact) mass is 222 g/mol. The maximum atomic E-state index is 5.78. The van der Waals surface area contributed by atoms with Crippen molar-refractivity contribution in [2.75, 3.05) is 32.5 Å². The van der Waals surface area contributed by atoms with E-state index in [0.29, 0.717) is 12.3 Å². The predicted molar refractivity (Wildman–Crippen MR) is 68.8 cm³/mol. The predicted octanol–water partition coefficient (Wildman–Crippen LogP) is 2.38. The Hall–Kier alpha value is -1.22. The van der Waals surface area contributed by atoms with Crippen LogP contribution in [-0.2, 0) is 0 Å². The second-order valence-electron chi connectivity index (χ2n) is 4.04. The molecule has 2 N–H and O–H groups in total. The first-order chi connectivity index (χ1) is 7.74. The lowest BCUT2D eigenvalue weighted by Crippen LogP contribution is -2.25. The highest BCUT2D eigenvalue weighted by atomic mass is 16.5. The van der Waals surface area contributed by atoms with Gasteiger partial charge in [-0.15, -0.1) is 0 Å². The zero-order valence-electron chi connectivity index (χ0n) is 10.3. The zero-order valence-corrected chi connectivity index (χ0v) is 10.3. The molecule has 0 aliphatic rings. The van der Waals surface area contributed by atoms with Gasteiger partial charge in [-0.05, 0) is 32.1 Å². The van der Waals surface area contributed by atoms with E-state index in [-0.39, 0.29) is 0 Å². The second kappa shape index (κ2) is 7.12. The van der Waals surface area contributed by atoms with Crippen LogP contribution in [0.1, 0.15) is 19.8 Å². The summed E-state index contributed by atoms with van der Waals surface area (Å²) in [7, 11) is 2.12. The van der Waals surface area contributed by atoms with Crippen LogP contribution in [0.25, 0.3) is 0 Å². The first-order valence-electron chi connectivity index (χ1n) is 5.90. The van der Waals surface area contributed by atoms with Crippen LogP contribution in [0.3, 0.4) is 0 Å². The molecule has 0 amide bonds.